The average Bonchev–Trinajstić information content (AvgIpc) is 2.87. The molecule has 5 nitrogen and oxygen atoms in total. The van der Waals surface area contributed by atoms with E-state index < -0.39 is 0 Å². The van der Waals surface area contributed by atoms with Crippen molar-refractivity contribution >= 4 is 22.2 Å². The molecule has 21 heavy (non-hydrogen) atoms. The maximum absolute atomic E-state index is 12.0. The Morgan fingerprint density at radius 1 is 1.52 bits per heavy atom. The Bertz CT molecular complexity index is 572. The van der Waals surface area contributed by atoms with E-state index in [4.69, 9.17) is 10.00 Å². The minimum absolute atomic E-state index is 0.122. The van der Waals surface area contributed by atoms with Crippen molar-refractivity contribution in [1.29, 1.82) is 5.26 Å². The fourth-order valence-electron chi connectivity index (χ4n) is 2.76. The lowest BCUT2D eigenvalue weighted by atomic mass is 9.94. The van der Waals surface area contributed by atoms with Gasteiger partial charge in [0.15, 0.2) is 0 Å². The van der Waals surface area contributed by atoms with E-state index in [-0.39, 0.29) is 29.7 Å². The number of carbonyl (C=O) groups excluding carboxylic acids is 1. The molecule has 0 saturated carbocycles. The normalized spacial score (nSPS) is 22.7. The first kappa shape index (κ1) is 16.0. The summed E-state index contributed by atoms with van der Waals surface area (Å²) in [6.07, 6.45) is 0.857. The van der Waals surface area contributed by atoms with E-state index in [0.29, 0.717) is 10.6 Å². The molecule has 0 aromatic carbocycles. The highest BCUT2D eigenvalue weighted by molar-refractivity contribution is 7.14. The zero-order chi connectivity index (χ0) is 15.7. The maximum Gasteiger partial charge on any atom is 0.238 e. The van der Waals surface area contributed by atoms with Crippen LogP contribution in [0.2, 0.25) is 0 Å². The molecular formula is C15H21N3O2S. The molecular weight excluding hydrogens is 286 g/mol. The molecule has 1 atom stereocenters. The first-order chi connectivity index (χ1) is 9.73. The SMILES string of the molecule is CC1(C)C[C@H](NCC(=O)Nc2sccc2C#N)C(C)(C)O1. The van der Waals surface area contributed by atoms with E-state index in [1.807, 2.05) is 13.8 Å². The first-order valence-electron chi connectivity index (χ1n) is 6.94. The molecule has 1 aromatic heterocycles. The van der Waals surface area contributed by atoms with E-state index in [2.05, 4.69) is 30.6 Å². The van der Waals surface area contributed by atoms with E-state index in [1.54, 1.807) is 11.4 Å². The zero-order valence-electron chi connectivity index (χ0n) is 12.8. The molecule has 1 aromatic rings. The lowest BCUT2D eigenvalue weighted by Crippen LogP contribution is -2.46. The van der Waals surface area contributed by atoms with Crippen LogP contribution in [0.4, 0.5) is 5.00 Å². The highest BCUT2D eigenvalue weighted by Gasteiger charge is 2.45. The van der Waals surface area contributed by atoms with Crippen LogP contribution < -0.4 is 10.6 Å². The van der Waals surface area contributed by atoms with Crippen LogP contribution >= 0.6 is 11.3 Å². The predicted octanol–water partition coefficient (Wildman–Crippen LogP) is 2.49. The fraction of sp³-hybridized carbons (Fsp3) is 0.600. The van der Waals surface area contributed by atoms with Gasteiger partial charge in [0.2, 0.25) is 5.91 Å². The number of rotatable bonds is 4. The molecule has 2 N–H and O–H groups in total. The number of nitrogens with zero attached hydrogens (tertiary/aromatic N) is 1. The Kier molecular flexibility index (Phi) is 4.38. The predicted molar refractivity (Wildman–Crippen MR) is 83.3 cm³/mol. The molecule has 1 aliphatic rings. The van der Waals surface area contributed by atoms with Crippen molar-refractivity contribution in [3.05, 3.63) is 17.0 Å². The second-order valence-corrected chi connectivity index (χ2v) is 7.34. The number of nitrogens with one attached hydrogen (secondary N) is 2. The van der Waals surface area contributed by atoms with E-state index in [1.165, 1.54) is 11.3 Å². The van der Waals surface area contributed by atoms with Crippen molar-refractivity contribution in [2.45, 2.75) is 51.4 Å². The van der Waals surface area contributed by atoms with Gasteiger partial charge in [-0.3, -0.25) is 4.79 Å². The summed E-state index contributed by atoms with van der Waals surface area (Å²) >= 11 is 1.35. The van der Waals surface area contributed by atoms with Crippen molar-refractivity contribution in [3.63, 3.8) is 0 Å². The van der Waals surface area contributed by atoms with Gasteiger partial charge in [0.25, 0.3) is 0 Å². The monoisotopic (exact) mass is 307 g/mol. The first-order valence-corrected chi connectivity index (χ1v) is 7.82. The van der Waals surface area contributed by atoms with Crippen molar-refractivity contribution in [1.82, 2.24) is 5.32 Å². The summed E-state index contributed by atoms with van der Waals surface area (Å²) in [6.45, 7) is 8.38. The summed E-state index contributed by atoms with van der Waals surface area (Å²) in [5.74, 6) is -0.144. The van der Waals surface area contributed by atoms with E-state index >= 15 is 0 Å². The molecule has 0 bridgehead atoms. The minimum atomic E-state index is -0.301. The summed E-state index contributed by atoms with van der Waals surface area (Å²) in [4.78, 5) is 12.0. The van der Waals surface area contributed by atoms with Gasteiger partial charge < -0.3 is 15.4 Å². The number of amides is 1. The highest BCUT2D eigenvalue weighted by Crippen LogP contribution is 2.37. The molecule has 1 amide bonds. The van der Waals surface area contributed by atoms with Gasteiger partial charge >= 0.3 is 0 Å². The standard InChI is InChI=1S/C15H21N3O2S/c1-14(2)7-11(15(3,4)20-14)17-9-12(19)18-13-10(8-16)5-6-21-13/h5-6,11,17H,7,9H2,1-4H3,(H,18,19)/t11-/m0/s1. The summed E-state index contributed by atoms with van der Waals surface area (Å²) in [7, 11) is 0. The van der Waals surface area contributed by atoms with Gasteiger partial charge in [0.1, 0.15) is 11.1 Å². The summed E-state index contributed by atoms with van der Waals surface area (Å²) in [5.41, 5.74) is 0.0168. The third kappa shape index (κ3) is 3.82. The molecule has 1 fully saturated rings. The quantitative estimate of drug-likeness (QED) is 0.896. The summed E-state index contributed by atoms with van der Waals surface area (Å²) < 4.78 is 5.99. The topological polar surface area (TPSA) is 74.2 Å². The van der Waals surface area contributed by atoms with E-state index in [0.717, 1.165) is 6.42 Å². The van der Waals surface area contributed by atoms with Crippen molar-refractivity contribution in [2.24, 2.45) is 0 Å². The lowest BCUT2D eigenvalue weighted by Gasteiger charge is -2.27. The maximum atomic E-state index is 12.0. The van der Waals surface area contributed by atoms with Crippen molar-refractivity contribution in [3.8, 4) is 6.07 Å². The van der Waals surface area contributed by atoms with Crippen LogP contribution in [0.3, 0.4) is 0 Å². The van der Waals surface area contributed by atoms with Gasteiger partial charge in [-0.25, -0.2) is 0 Å². The number of carbonyl (C=O) groups is 1. The fourth-order valence-corrected chi connectivity index (χ4v) is 3.51. The van der Waals surface area contributed by atoms with E-state index in [9.17, 15) is 4.79 Å². The highest BCUT2D eigenvalue weighted by atomic mass is 32.1. The number of hydrogen-bond acceptors (Lipinski definition) is 5. The number of anilines is 1. The smallest absolute Gasteiger partial charge is 0.238 e. The second-order valence-electron chi connectivity index (χ2n) is 6.43. The number of thiophene rings is 1. The minimum Gasteiger partial charge on any atom is -0.368 e. The second kappa shape index (κ2) is 5.76. The van der Waals surface area contributed by atoms with Crippen molar-refractivity contribution in [2.75, 3.05) is 11.9 Å². The van der Waals surface area contributed by atoms with Gasteiger partial charge in [-0.15, -0.1) is 11.3 Å². The van der Waals surface area contributed by atoms with Crippen LogP contribution in [-0.4, -0.2) is 29.7 Å². The lowest BCUT2D eigenvalue weighted by molar-refractivity contribution is -0.115. The molecule has 0 unspecified atom stereocenters. The van der Waals surface area contributed by atoms with Gasteiger partial charge in [-0.1, -0.05) is 0 Å². The van der Waals surface area contributed by atoms with Crippen LogP contribution in [0.1, 0.15) is 39.7 Å². The molecule has 6 heteroatoms. The van der Waals surface area contributed by atoms with Crippen LogP contribution in [-0.2, 0) is 9.53 Å². The van der Waals surface area contributed by atoms with Gasteiger partial charge in [0.05, 0.1) is 23.3 Å². The van der Waals surface area contributed by atoms with Crippen LogP contribution in [0.5, 0.6) is 0 Å². The molecule has 114 valence electrons. The molecule has 0 radical (unpaired) electrons. The van der Waals surface area contributed by atoms with Crippen molar-refractivity contribution < 1.29 is 9.53 Å². The summed E-state index contributed by atoms with van der Waals surface area (Å²) in [6, 6.07) is 3.88. The Morgan fingerprint density at radius 3 is 2.81 bits per heavy atom. The molecule has 1 saturated heterocycles. The Morgan fingerprint density at radius 2 is 2.24 bits per heavy atom. The molecule has 2 rings (SSSR count). The van der Waals surface area contributed by atoms with Crippen LogP contribution in [0, 0.1) is 11.3 Å². The number of nitriles is 1. The zero-order valence-corrected chi connectivity index (χ0v) is 13.6. The Balaban J connectivity index is 1.89. The van der Waals surface area contributed by atoms with Gasteiger partial charge in [0, 0.05) is 6.04 Å². The largest absolute Gasteiger partial charge is 0.368 e. The van der Waals surface area contributed by atoms with Gasteiger partial charge in [-0.2, -0.15) is 5.26 Å². The van der Waals surface area contributed by atoms with Gasteiger partial charge in [-0.05, 0) is 45.6 Å². The molecule has 0 spiro atoms. The number of ether oxygens (including phenoxy) is 1. The van der Waals surface area contributed by atoms with Crippen LogP contribution in [0.25, 0.3) is 0 Å². The molecule has 0 aliphatic carbocycles. The number of hydrogen-bond donors (Lipinski definition) is 2. The Hall–Kier alpha value is -1.42. The van der Waals surface area contributed by atoms with Crippen LogP contribution in [0.15, 0.2) is 11.4 Å². The molecule has 2 heterocycles. The Labute approximate surface area is 129 Å². The molecule has 1 aliphatic heterocycles. The third-order valence-corrected chi connectivity index (χ3v) is 4.45. The average molecular weight is 307 g/mol. The summed E-state index contributed by atoms with van der Waals surface area (Å²) in [5, 5.41) is 17.3. The third-order valence-electron chi connectivity index (χ3n) is 3.62.